The molecule has 4 nitrogen and oxygen atoms in total. The largest absolute Gasteiger partial charge is 0.329 e. The number of hydrogen-bond donors (Lipinski definition) is 1. The van der Waals surface area contributed by atoms with Crippen molar-refractivity contribution < 1.29 is 0 Å². The van der Waals surface area contributed by atoms with Gasteiger partial charge in [-0.15, -0.1) is 12.4 Å². The highest BCUT2D eigenvalue weighted by atomic mass is 35.5. The summed E-state index contributed by atoms with van der Waals surface area (Å²) in [6.07, 6.45) is 0. The average Bonchev–Trinajstić information content (AvgIpc) is 2.12. The molecular formula is C10H14ClN3O. The molecule has 1 aromatic rings. The summed E-state index contributed by atoms with van der Waals surface area (Å²) in [5.74, 6) is 0. The Bertz CT molecular complexity index is 445. The molecule has 15 heavy (non-hydrogen) atoms. The summed E-state index contributed by atoms with van der Waals surface area (Å²) in [7, 11) is 0. The summed E-state index contributed by atoms with van der Waals surface area (Å²) >= 11 is 0. The molecule has 0 aliphatic rings. The fourth-order valence-electron chi connectivity index (χ4n) is 1.47. The van der Waals surface area contributed by atoms with E-state index in [1.54, 1.807) is 6.92 Å². The van der Waals surface area contributed by atoms with E-state index in [0.717, 1.165) is 11.3 Å². The van der Waals surface area contributed by atoms with Crippen LogP contribution in [0.5, 0.6) is 0 Å². The van der Waals surface area contributed by atoms with E-state index >= 15 is 0 Å². The van der Waals surface area contributed by atoms with Crippen LogP contribution in [0.2, 0.25) is 0 Å². The zero-order chi connectivity index (χ0) is 10.7. The Morgan fingerprint density at radius 3 is 2.60 bits per heavy atom. The minimum atomic E-state index is -0.240. The van der Waals surface area contributed by atoms with Crippen molar-refractivity contribution in [1.29, 1.82) is 5.26 Å². The van der Waals surface area contributed by atoms with Crippen molar-refractivity contribution in [2.45, 2.75) is 20.4 Å². The molecule has 0 fully saturated rings. The van der Waals surface area contributed by atoms with E-state index in [1.807, 2.05) is 19.1 Å². The number of pyridine rings is 1. The molecule has 1 aromatic heterocycles. The van der Waals surface area contributed by atoms with Gasteiger partial charge in [-0.25, -0.2) is 0 Å². The SMILES string of the molecule is Cc1cc(C)n(CCN)c(=O)c1C#N.Cl. The summed E-state index contributed by atoms with van der Waals surface area (Å²) in [5, 5.41) is 8.79. The highest BCUT2D eigenvalue weighted by Crippen LogP contribution is 2.04. The lowest BCUT2D eigenvalue weighted by atomic mass is 10.1. The molecule has 1 rings (SSSR count). The van der Waals surface area contributed by atoms with Crippen LogP contribution in [-0.4, -0.2) is 11.1 Å². The van der Waals surface area contributed by atoms with Crippen LogP contribution >= 0.6 is 12.4 Å². The number of aryl methyl sites for hydroxylation is 2. The van der Waals surface area contributed by atoms with E-state index in [4.69, 9.17) is 11.0 Å². The van der Waals surface area contributed by atoms with Gasteiger partial charge in [0.1, 0.15) is 11.6 Å². The molecule has 1 heterocycles. The van der Waals surface area contributed by atoms with Gasteiger partial charge in [-0.2, -0.15) is 5.26 Å². The number of rotatable bonds is 2. The normalized spacial score (nSPS) is 9.20. The van der Waals surface area contributed by atoms with Gasteiger partial charge in [0.2, 0.25) is 0 Å². The van der Waals surface area contributed by atoms with Crippen LogP contribution in [0, 0.1) is 25.2 Å². The van der Waals surface area contributed by atoms with E-state index in [0.29, 0.717) is 13.1 Å². The zero-order valence-electron chi connectivity index (χ0n) is 8.78. The van der Waals surface area contributed by atoms with Crippen LogP contribution in [0.3, 0.4) is 0 Å². The van der Waals surface area contributed by atoms with E-state index in [-0.39, 0.29) is 23.5 Å². The number of halogens is 1. The van der Waals surface area contributed by atoms with Gasteiger partial charge in [-0.05, 0) is 25.5 Å². The molecule has 82 valence electrons. The van der Waals surface area contributed by atoms with Crippen LogP contribution in [0.1, 0.15) is 16.8 Å². The molecule has 0 atom stereocenters. The van der Waals surface area contributed by atoms with Crippen molar-refractivity contribution in [3.8, 4) is 6.07 Å². The summed E-state index contributed by atoms with van der Waals surface area (Å²) in [6.45, 7) is 4.46. The fourth-order valence-corrected chi connectivity index (χ4v) is 1.47. The van der Waals surface area contributed by atoms with Gasteiger partial charge in [0.15, 0.2) is 0 Å². The van der Waals surface area contributed by atoms with E-state index in [2.05, 4.69) is 0 Å². The molecule has 0 bridgehead atoms. The lowest BCUT2D eigenvalue weighted by molar-refractivity contribution is 0.656. The van der Waals surface area contributed by atoms with E-state index < -0.39 is 0 Å². The zero-order valence-corrected chi connectivity index (χ0v) is 9.60. The lowest BCUT2D eigenvalue weighted by Gasteiger charge is -2.10. The molecule has 0 spiro atoms. The molecule has 0 aliphatic carbocycles. The van der Waals surface area contributed by atoms with Gasteiger partial charge in [-0.3, -0.25) is 4.79 Å². The van der Waals surface area contributed by atoms with Gasteiger partial charge >= 0.3 is 0 Å². The minimum absolute atomic E-state index is 0. The second-order valence-corrected chi connectivity index (χ2v) is 3.20. The number of aromatic nitrogens is 1. The van der Waals surface area contributed by atoms with Crippen LogP contribution in [0.25, 0.3) is 0 Å². The molecule has 0 aliphatic heterocycles. The molecule has 2 N–H and O–H groups in total. The summed E-state index contributed by atoms with van der Waals surface area (Å²) in [4.78, 5) is 11.7. The van der Waals surface area contributed by atoms with Gasteiger partial charge in [0.05, 0.1) is 0 Å². The molecule has 5 heteroatoms. The minimum Gasteiger partial charge on any atom is -0.329 e. The van der Waals surface area contributed by atoms with Crippen molar-refractivity contribution in [3.05, 3.63) is 33.2 Å². The topological polar surface area (TPSA) is 71.8 Å². The Morgan fingerprint density at radius 1 is 1.53 bits per heavy atom. The highest BCUT2D eigenvalue weighted by Gasteiger charge is 2.08. The Labute approximate surface area is 94.7 Å². The summed E-state index contributed by atoms with van der Waals surface area (Å²) in [6, 6.07) is 3.74. The first kappa shape index (κ1) is 13.7. The maximum atomic E-state index is 11.7. The maximum Gasteiger partial charge on any atom is 0.268 e. The fraction of sp³-hybridized carbons (Fsp3) is 0.400. The molecule has 0 radical (unpaired) electrons. The van der Waals surface area contributed by atoms with Gasteiger partial charge in [-0.1, -0.05) is 0 Å². The second kappa shape index (κ2) is 5.54. The van der Waals surface area contributed by atoms with Crippen molar-refractivity contribution in [2.75, 3.05) is 6.54 Å². The van der Waals surface area contributed by atoms with Crippen LogP contribution < -0.4 is 11.3 Å². The Balaban J connectivity index is 0.00000196. The van der Waals surface area contributed by atoms with Crippen LogP contribution in [0.15, 0.2) is 10.9 Å². The van der Waals surface area contributed by atoms with E-state index in [1.165, 1.54) is 4.57 Å². The highest BCUT2D eigenvalue weighted by molar-refractivity contribution is 5.85. The quantitative estimate of drug-likeness (QED) is 0.809. The van der Waals surface area contributed by atoms with Gasteiger partial charge in [0.25, 0.3) is 5.56 Å². The third kappa shape index (κ3) is 2.58. The number of nitrogens with two attached hydrogens (primary N) is 1. The van der Waals surface area contributed by atoms with Crippen molar-refractivity contribution in [2.24, 2.45) is 5.73 Å². The van der Waals surface area contributed by atoms with Gasteiger partial charge < -0.3 is 10.3 Å². The maximum absolute atomic E-state index is 11.7. The first-order chi connectivity index (χ1) is 6.61. The Hall–Kier alpha value is -1.31. The molecular weight excluding hydrogens is 214 g/mol. The number of hydrogen-bond acceptors (Lipinski definition) is 3. The molecule has 0 unspecified atom stereocenters. The summed E-state index contributed by atoms with van der Waals surface area (Å²) < 4.78 is 1.53. The smallest absolute Gasteiger partial charge is 0.268 e. The average molecular weight is 228 g/mol. The third-order valence-electron chi connectivity index (χ3n) is 2.17. The van der Waals surface area contributed by atoms with Crippen molar-refractivity contribution >= 4 is 12.4 Å². The van der Waals surface area contributed by atoms with Crippen LogP contribution in [-0.2, 0) is 6.54 Å². The lowest BCUT2D eigenvalue weighted by Crippen LogP contribution is -2.28. The first-order valence-corrected chi connectivity index (χ1v) is 4.43. The molecule has 0 aromatic carbocycles. The van der Waals surface area contributed by atoms with E-state index in [9.17, 15) is 4.79 Å². The Morgan fingerprint density at radius 2 is 2.13 bits per heavy atom. The predicted molar refractivity (Wildman–Crippen MR) is 61.2 cm³/mol. The van der Waals surface area contributed by atoms with Gasteiger partial charge in [0, 0.05) is 18.8 Å². The number of nitrogens with zero attached hydrogens (tertiary/aromatic N) is 2. The molecule has 0 saturated carbocycles. The Kier molecular flexibility index (Phi) is 5.06. The van der Waals surface area contributed by atoms with Crippen LogP contribution in [0.4, 0.5) is 0 Å². The predicted octanol–water partition coefficient (Wildman–Crippen LogP) is 0.717. The van der Waals surface area contributed by atoms with Crippen molar-refractivity contribution in [3.63, 3.8) is 0 Å². The monoisotopic (exact) mass is 227 g/mol. The molecule has 0 saturated heterocycles. The standard InChI is InChI=1S/C10H13N3O.ClH/c1-7-5-8(2)13(4-3-11)10(14)9(7)6-12;/h5H,3-4,11H2,1-2H3;1H. The second-order valence-electron chi connectivity index (χ2n) is 3.20. The molecule has 0 amide bonds. The first-order valence-electron chi connectivity index (χ1n) is 4.43. The van der Waals surface area contributed by atoms with Crippen molar-refractivity contribution in [1.82, 2.24) is 4.57 Å². The summed E-state index contributed by atoms with van der Waals surface area (Å²) in [5.41, 5.74) is 6.93. The third-order valence-corrected chi connectivity index (χ3v) is 2.17. The number of nitriles is 1.